The Morgan fingerprint density at radius 3 is 2.55 bits per heavy atom. The van der Waals surface area contributed by atoms with Gasteiger partial charge in [0.2, 0.25) is 5.76 Å². The number of carbonyl (C=O) groups is 2. The van der Waals surface area contributed by atoms with Crippen molar-refractivity contribution in [2.24, 2.45) is 11.8 Å². The van der Waals surface area contributed by atoms with Crippen LogP contribution in [0.2, 0.25) is 0 Å². The predicted molar refractivity (Wildman–Crippen MR) is 73.7 cm³/mol. The van der Waals surface area contributed by atoms with Crippen LogP contribution < -0.4 is 0 Å². The number of carbonyl (C=O) groups excluding carboxylic acids is 1. The summed E-state index contributed by atoms with van der Waals surface area (Å²) in [5, 5.41) is 8.81. The van der Waals surface area contributed by atoms with Gasteiger partial charge in [0.25, 0.3) is 5.91 Å². The van der Waals surface area contributed by atoms with Gasteiger partial charge < -0.3 is 14.4 Å². The number of hydrogen-bond acceptors (Lipinski definition) is 3. The maximum Gasteiger partial charge on any atom is 0.371 e. The molecular weight excluding hydrogens is 258 g/mol. The van der Waals surface area contributed by atoms with Crippen molar-refractivity contribution >= 4 is 11.9 Å². The average molecular weight is 279 g/mol. The lowest BCUT2D eigenvalue weighted by Gasteiger charge is -2.21. The molecule has 20 heavy (non-hydrogen) atoms. The lowest BCUT2D eigenvalue weighted by molar-refractivity contribution is 0.0652. The number of carboxylic acids is 1. The fourth-order valence-electron chi connectivity index (χ4n) is 3.04. The van der Waals surface area contributed by atoms with Gasteiger partial charge in [0.15, 0.2) is 5.76 Å². The van der Waals surface area contributed by atoms with Gasteiger partial charge in [-0.05, 0) is 30.4 Å². The molecule has 0 bridgehead atoms. The summed E-state index contributed by atoms with van der Waals surface area (Å²) in [6.07, 6.45) is 3.28. The van der Waals surface area contributed by atoms with Crippen LogP contribution in [0.15, 0.2) is 16.5 Å². The molecular formula is C15H21NO4. The Balaban J connectivity index is 2.02. The fraction of sp³-hybridized carbons (Fsp3) is 0.600. The maximum absolute atomic E-state index is 12.3. The lowest BCUT2D eigenvalue weighted by Crippen LogP contribution is -2.29. The van der Waals surface area contributed by atoms with Crippen LogP contribution >= 0.6 is 0 Å². The van der Waals surface area contributed by atoms with Crippen molar-refractivity contribution < 1.29 is 19.1 Å². The largest absolute Gasteiger partial charge is 0.475 e. The van der Waals surface area contributed by atoms with E-state index in [1.54, 1.807) is 4.90 Å². The van der Waals surface area contributed by atoms with E-state index in [1.165, 1.54) is 12.1 Å². The van der Waals surface area contributed by atoms with Crippen molar-refractivity contribution in [2.45, 2.75) is 33.1 Å². The minimum absolute atomic E-state index is 0.118. The molecule has 1 atom stereocenters. The van der Waals surface area contributed by atoms with E-state index in [0.29, 0.717) is 11.8 Å². The highest BCUT2D eigenvalue weighted by molar-refractivity contribution is 5.93. The molecule has 1 aromatic rings. The molecule has 5 heteroatoms. The molecule has 0 aromatic carbocycles. The first-order valence-electron chi connectivity index (χ1n) is 7.19. The van der Waals surface area contributed by atoms with Crippen LogP contribution in [0.5, 0.6) is 0 Å². The molecule has 1 aromatic heterocycles. The topological polar surface area (TPSA) is 70.8 Å². The highest BCUT2D eigenvalue weighted by Crippen LogP contribution is 2.29. The summed E-state index contributed by atoms with van der Waals surface area (Å²) in [4.78, 5) is 24.8. The molecule has 2 rings (SSSR count). The Morgan fingerprint density at radius 2 is 2.00 bits per heavy atom. The first kappa shape index (κ1) is 14.6. The van der Waals surface area contributed by atoms with Crippen molar-refractivity contribution in [3.63, 3.8) is 0 Å². The van der Waals surface area contributed by atoms with Crippen LogP contribution in [0.1, 0.15) is 54.2 Å². The smallest absolute Gasteiger partial charge is 0.371 e. The number of amides is 1. The van der Waals surface area contributed by atoms with Gasteiger partial charge in [-0.15, -0.1) is 0 Å². The van der Waals surface area contributed by atoms with E-state index >= 15 is 0 Å². The van der Waals surface area contributed by atoms with Gasteiger partial charge in [-0.3, -0.25) is 4.79 Å². The van der Waals surface area contributed by atoms with Crippen LogP contribution in [0.4, 0.5) is 0 Å². The van der Waals surface area contributed by atoms with E-state index in [4.69, 9.17) is 9.52 Å². The number of rotatable bonds is 5. The Hall–Kier alpha value is -1.78. The van der Waals surface area contributed by atoms with Gasteiger partial charge in [-0.25, -0.2) is 4.79 Å². The molecule has 0 unspecified atom stereocenters. The number of hydrogen-bond donors (Lipinski definition) is 1. The van der Waals surface area contributed by atoms with Crippen LogP contribution in [0, 0.1) is 11.8 Å². The lowest BCUT2D eigenvalue weighted by atomic mass is 9.87. The summed E-state index contributed by atoms with van der Waals surface area (Å²) in [6, 6.07) is 2.76. The Kier molecular flexibility index (Phi) is 4.47. The molecule has 5 nitrogen and oxygen atoms in total. The van der Waals surface area contributed by atoms with E-state index < -0.39 is 5.97 Å². The second-order valence-electron chi connectivity index (χ2n) is 5.35. The van der Waals surface area contributed by atoms with Gasteiger partial charge in [-0.1, -0.05) is 26.7 Å². The SMILES string of the molecule is CCC(CC)[C@@H]1CCN(C(=O)c2ccc(C(=O)O)o2)C1. The van der Waals surface area contributed by atoms with Crippen molar-refractivity contribution in [2.75, 3.05) is 13.1 Å². The van der Waals surface area contributed by atoms with Gasteiger partial charge in [-0.2, -0.15) is 0 Å². The summed E-state index contributed by atoms with van der Waals surface area (Å²) < 4.78 is 5.08. The average Bonchev–Trinajstić information content (AvgIpc) is 3.09. The first-order valence-corrected chi connectivity index (χ1v) is 7.19. The molecule has 1 N–H and O–H groups in total. The quantitative estimate of drug-likeness (QED) is 0.899. The van der Waals surface area contributed by atoms with Crippen LogP contribution in [0.3, 0.4) is 0 Å². The third-order valence-electron chi connectivity index (χ3n) is 4.25. The van der Waals surface area contributed by atoms with Crippen LogP contribution in [0.25, 0.3) is 0 Å². The standard InChI is InChI=1S/C15H21NO4/c1-3-10(4-2)11-7-8-16(9-11)14(17)12-5-6-13(20-12)15(18)19/h5-6,10-11H,3-4,7-9H2,1-2H3,(H,18,19)/t11-/m1/s1. The monoisotopic (exact) mass is 279 g/mol. The molecule has 1 saturated heterocycles. The molecule has 1 amide bonds. The van der Waals surface area contributed by atoms with Crippen LogP contribution in [-0.2, 0) is 0 Å². The molecule has 0 spiro atoms. The van der Waals surface area contributed by atoms with E-state index in [2.05, 4.69) is 13.8 Å². The molecule has 0 radical (unpaired) electrons. The van der Waals surface area contributed by atoms with E-state index in [0.717, 1.165) is 32.4 Å². The van der Waals surface area contributed by atoms with Gasteiger partial charge in [0.05, 0.1) is 0 Å². The summed E-state index contributed by atoms with van der Waals surface area (Å²) >= 11 is 0. The predicted octanol–water partition coefficient (Wildman–Crippen LogP) is 2.88. The van der Waals surface area contributed by atoms with Crippen molar-refractivity contribution in [3.05, 3.63) is 23.7 Å². The number of aromatic carboxylic acids is 1. The summed E-state index contributed by atoms with van der Waals surface area (Å²) in [6.45, 7) is 5.84. The van der Waals surface area contributed by atoms with Gasteiger partial charge in [0, 0.05) is 13.1 Å². The zero-order chi connectivity index (χ0) is 14.7. The Labute approximate surface area is 118 Å². The molecule has 1 aliphatic rings. The van der Waals surface area contributed by atoms with E-state index in [9.17, 15) is 9.59 Å². The fourth-order valence-corrected chi connectivity index (χ4v) is 3.04. The second kappa shape index (κ2) is 6.11. The molecule has 0 saturated carbocycles. The number of likely N-dealkylation sites (tertiary alicyclic amines) is 1. The minimum atomic E-state index is -1.15. The molecule has 0 aliphatic carbocycles. The number of furan rings is 1. The summed E-state index contributed by atoms with van der Waals surface area (Å²) in [7, 11) is 0. The first-order chi connectivity index (χ1) is 9.56. The van der Waals surface area contributed by atoms with Crippen LogP contribution in [-0.4, -0.2) is 35.0 Å². The highest BCUT2D eigenvalue weighted by atomic mass is 16.4. The molecule has 1 aliphatic heterocycles. The van der Waals surface area contributed by atoms with E-state index in [1.807, 2.05) is 0 Å². The second-order valence-corrected chi connectivity index (χ2v) is 5.35. The normalized spacial score (nSPS) is 18.8. The van der Waals surface area contributed by atoms with Crippen molar-refractivity contribution in [1.29, 1.82) is 0 Å². The minimum Gasteiger partial charge on any atom is -0.475 e. The zero-order valence-corrected chi connectivity index (χ0v) is 12.0. The number of carboxylic acid groups (broad SMARTS) is 1. The summed E-state index contributed by atoms with van der Waals surface area (Å²) in [5.74, 6) is -0.232. The molecule has 110 valence electrons. The van der Waals surface area contributed by atoms with Crippen molar-refractivity contribution in [1.82, 2.24) is 4.90 Å². The van der Waals surface area contributed by atoms with E-state index in [-0.39, 0.29) is 17.4 Å². The Bertz CT molecular complexity index is 490. The van der Waals surface area contributed by atoms with Crippen molar-refractivity contribution in [3.8, 4) is 0 Å². The van der Waals surface area contributed by atoms with Gasteiger partial charge in [0.1, 0.15) is 0 Å². The zero-order valence-electron chi connectivity index (χ0n) is 12.0. The maximum atomic E-state index is 12.3. The highest BCUT2D eigenvalue weighted by Gasteiger charge is 2.32. The molecule has 1 fully saturated rings. The summed E-state index contributed by atoms with van der Waals surface area (Å²) in [5.41, 5.74) is 0. The van der Waals surface area contributed by atoms with Gasteiger partial charge >= 0.3 is 5.97 Å². The Morgan fingerprint density at radius 1 is 1.35 bits per heavy atom. The number of nitrogens with zero attached hydrogens (tertiary/aromatic N) is 1. The molecule has 2 heterocycles. The third kappa shape index (κ3) is 2.86. The third-order valence-corrected chi connectivity index (χ3v) is 4.25.